The second-order valence-electron chi connectivity index (χ2n) is 11.6. The van der Waals surface area contributed by atoms with Crippen molar-refractivity contribution in [1.82, 2.24) is 15.1 Å². The smallest absolute Gasteiger partial charge is 0.237 e. The molecule has 7 nitrogen and oxygen atoms in total. The summed E-state index contributed by atoms with van der Waals surface area (Å²) in [5.41, 5.74) is 8.05. The maximum absolute atomic E-state index is 12.8. The van der Waals surface area contributed by atoms with Crippen molar-refractivity contribution in [3.05, 3.63) is 24.3 Å². The first kappa shape index (κ1) is 23.3. The lowest BCUT2D eigenvalue weighted by Gasteiger charge is -2.48. The predicted octanol–water partition coefficient (Wildman–Crippen LogP) is 3.12. The highest BCUT2D eigenvalue weighted by Crippen LogP contribution is 2.39. The van der Waals surface area contributed by atoms with Gasteiger partial charge in [-0.25, -0.2) is 4.99 Å². The largest absolute Gasteiger partial charge is 0.368 e. The molecule has 6 rings (SSSR count). The fourth-order valence-corrected chi connectivity index (χ4v) is 7.59. The van der Waals surface area contributed by atoms with Gasteiger partial charge in [0, 0.05) is 45.3 Å². The minimum Gasteiger partial charge on any atom is -0.368 e. The van der Waals surface area contributed by atoms with Crippen molar-refractivity contribution in [1.29, 1.82) is 0 Å². The fourth-order valence-electron chi connectivity index (χ4n) is 7.59. The van der Waals surface area contributed by atoms with Gasteiger partial charge in [0.1, 0.15) is 11.4 Å². The number of hydrogen-bond acceptors (Lipinski definition) is 6. The average molecular weight is 479 g/mol. The molecule has 190 valence electrons. The molecule has 0 aromatic heterocycles. The summed E-state index contributed by atoms with van der Waals surface area (Å²) >= 11 is 0. The maximum Gasteiger partial charge on any atom is 0.237 e. The molecule has 1 amide bonds. The van der Waals surface area contributed by atoms with E-state index < -0.39 is 5.54 Å². The molecule has 0 spiro atoms. The topological polar surface area (TPSA) is 77.2 Å². The van der Waals surface area contributed by atoms with Crippen molar-refractivity contribution in [2.75, 3.05) is 50.7 Å². The highest BCUT2D eigenvalue weighted by Gasteiger charge is 2.44. The number of nitrogens with one attached hydrogen (secondary N) is 1. The molecular weight excluding hydrogens is 436 g/mol. The van der Waals surface area contributed by atoms with Gasteiger partial charge >= 0.3 is 0 Å². The molecular formula is C28H42N6O. The highest BCUT2D eigenvalue weighted by atomic mass is 16.1. The zero-order chi connectivity index (χ0) is 23.8. The summed E-state index contributed by atoms with van der Waals surface area (Å²) in [4.78, 5) is 25.6. The second kappa shape index (κ2) is 9.74. The van der Waals surface area contributed by atoms with E-state index >= 15 is 0 Å². The molecule has 3 N–H and O–H groups in total. The summed E-state index contributed by atoms with van der Waals surface area (Å²) in [6.45, 7) is 7.37. The standard InChI is InChI=1S/C28H42N6O/c29-27(35)28(12-6-2-1-3-7-13-28)33-14-10-23(11-15-33)34-20-26(31-24-8-4-5-9-25(24)34)32-18-21-16-30-17-22(21)19-32/h4-5,8-9,21-23,30H,1-3,6-7,10-20H2,(H2,29,35)/t21-,22?/m1/s1. The number of hydrogen-bond donors (Lipinski definition) is 2. The number of nitrogens with zero attached hydrogens (tertiary/aromatic N) is 4. The third-order valence-corrected chi connectivity index (χ3v) is 9.66. The Morgan fingerprint density at radius 3 is 2.31 bits per heavy atom. The van der Waals surface area contributed by atoms with E-state index in [1.165, 1.54) is 30.8 Å². The van der Waals surface area contributed by atoms with Crippen LogP contribution in [0.25, 0.3) is 0 Å². The van der Waals surface area contributed by atoms with Gasteiger partial charge in [-0.2, -0.15) is 0 Å². The first-order valence-corrected chi connectivity index (χ1v) is 14.1. The summed E-state index contributed by atoms with van der Waals surface area (Å²) in [6.07, 6.45) is 10.0. The number of amidine groups is 1. The van der Waals surface area contributed by atoms with Crippen molar-refractivity contribution >= 4 is 23.1 Å². The molecule has 0 bridgehead atoms. The number of fused-ring (bicyclic) bond motifs is 2. The predicted molar refractivity (Wildman–Crippen MR) is 141 cm³/mol. The van der Waals surface area contributed by atoms with E-state index in [-0.39, 0.29) is 5.91 Å². The number of carbonyl (C=O) groups excluding carboxylic acids is 1. The molecule has 5 aliphatic rings. The molecule has 4 aliphatic heterocycles. The van der Waals surface area contributed by atoms with Gasteiger partial charge in [-0.15, -0.1) is 0 Å². The molecule has 1 aliphatic carbocycles. The number of nitrogens with two attached hydrogens (primary N) is 1. The lowest BCUT2D eigenvalue weighted by Crippen LogP contribution is -2.61. The Hall–Kier alpha value is -2.12. The number of anilines is 1. The van der Waals surface area contributed by atoms with Crippen molar-refractivity contribution in [2.45, 2.75) is 69.4 Å². The van der Waals surface area contributed by atoms with Crippen LogP contribution in [0.15, 0.2) is 29.3 Å². The monoisotopic (exact) mass is 478 g/mol. The first-order valence-electron chi connectivity index (χ1n) is 14.1. The fraction of sp³-hybridized carbons (Fsp3) is 0.714. The van der Waals surface area contributed by atoms with Crippen LogP contribution in [0.5, 0.6) is 0 Å². The Kier molecular flexibility index (Phi) is 6.48. The lowest BCUT2D eigenvalue weighted by atomic mass is 9.80. The Morgan fingerprint density at radius 2 is 1.63 bits per heavy atom. The third-order valence-electron chi connectivity index (χ3n) is 9.66. The minimum absolute atomic E-state index is 0.0929. The Labute approximate surface area is 210 Å². The van der Waals surface area contributed by atoms with Crippen LogP contribution in [0.2, 0.25) is 0 Å². The number of benzene rings is 1. The number of carbonyl (C=O) groups is 1. The molecule has 1 unspecified atom stereocenters. The Morgan fingerprint density at radius 1 is 0.971 bits per heavy atom. The molecule has 4 heterocycles. The summed E-state index contributed by atoms with van der Waals surface area (Å²) in [7, 11) is 0. The molecule has 2 atom stereocenters. The van der Waals surface area contributed by atoms with Gasteiger partial charge in [0.2, 0.25) is 5.91 Å². The maximum atomic E-state index is 12.8. The number of piperidine rings is 1. The van der Waals surface area contributed by atoms with Crippen molar-refractivity contribution in [3.8, 4) is 0 Å². The molecule has 7 heteroatoms. The van der Waals surface area contributed by atoms with Gasteiger partial charge in [0.25, 0.3) is 0 Å². The van der Waals surface area contributed by atoms with Crippen molar-refractivity contribution in [3.63, 3.8) is 0 Å². The van der Waals surface area contributed by atoms with Crippen molar-refractivity contribution in [2.24, 2.45) is 22.6 Å². The van der Waals surface area contributed by atoms with Crippen LogP contribution in [0, 0.1) is 11.8 Å². The summed E-state index contributed by atoms with van der Waals surface area (Å²) in [5.74, 6) is 2.68. The number of likely N-dealkylation sites (tertiary alicyclic amines) is 2. The van der Waals surface area contributed by atoms with Crippen LogP contribution in [0.4, 0.5) is 11.4 Å². The normalized spacial score (nSPS) is 29.8. The van der Waals surface area contributed by atoms with E-state index in [1.54, 1.807) is 0 Å². The summed E-state index contributed by atoms with van der Waals surface area (Å²) in [6, 6.07) is 9.14. The molecule has 1 aromatic carbocycles. The zero-order valence-electron chi connectivity index (χ0n) is 21.1. The van der Waals surface area contributed by atoms with Gasteiger partial charge in [-0.1, -0.05) is 44.2 Å². The van der Waals surface area contributed by atoms with Gasteiger partial charge < -0.3 is 20.9 Å². The Balaban J connectivity index is 1.18. The molecule has 35 heavy (non-hydrogen) atoms. The van der Waals surface area contributed by atoms with E-state index in [4.69, 9.17) is 10.7 Å². The molecule has 1 aromatic rings. The Bertz CT molecular complexity index is 935. The van der Waals surface area contributed by atoms with Gasteiger partial charge in [-0.3, -0.25) is 9.69 Å². The van der Waals surface area contributed by atoms with E-state index in [9.17, 15) is 4.79 Å². The number of amides is 1. The van der Waals surface area contributed by atoms with Crippen LogP contribution in [-0.2, 0) is 4.79 Å². The van der Waals surface area contributed by atoms with Gasteiger partial charge in [0.05, 0.1) is 17.9 Å². The van der Waals surface area contributed by atoms with Gasteiger partial charge in [-0.05, 0) is 49.7 Å². The quantitative estimate of drug-likeness (QED) is 0.698. The number of para-hydroxylation sites is 2. The highest BCUT2D eigenvalue weighted by molar-refractivity contribution is 5.95. The summed E-state index contributed by atoms with van der Waals surface area (Å²) < 4.78 is 0. The number of aliphatic imine (C=N–C) groups is 1. The first-order chi connectivity index (χ1) is 17.1. The molecule has 0 radical (unpaired) electrons. The van der Waals surface area contributed by atoms with E-state index in [1.807, 2.05) is 0 Å². The van der Waals surface area contributed by atoms with E-state index in [0.717, 1.165) is 102 Å². The van der Waals surface area contributed by atoms with E-state index in [0.29, 0.717) is 6.04 Å². The van der Waals surface area contributed by atoms with Crippen LogP contribution in [0.3, 0.4) is 0 Å². The molecule has 4 fully saturated rings. The summed E-state index contributed by atoms with van der Waals surface area (Å²) in [5, 5.41) is 3.56. The zero-order valence-corrected chi connectivity index (χ0v) is 21.1. The lowest BCUT2D eigenvalue weighted by molar-refractivity contribution is -0.133. The van der Waals surface area contributed by atoms with Crippen molar-refractivity contribution < 1.29 is 4.79 Å². The van der Waals surface area contributed by atoms with Crippen LogP contribution >= 0.6 is 0 Å². The van der Waals surface area contributed by atoms with Crippen LogP contribution in [0.1, 0.15) is 57.8 Å². The minimum atomic E-state index is -0.431. The van der Waals surface area contributed by atoms with E-state index in [2.05, 4.69) is 44.3 Å². The SMILES string of the molecule is NC(=O)C1(N2CCC(N3CC(N4CC5CNC[C@@H]5C4)=Nc4ccccc43)CC2)CCCCCCC1. The van der Waals surface area contributed by atoms with Crippen LogP contribution in [-0.4, -0.2) is 78.9 Å². The second-order valence-corrected chi connectivity index (χ2v) is 11.6. The number of primary amides is 1. The third kappa shape index (κ3) is 4.35. The number of rotatable bonds is 3. The molecule has 1 saturated carbocycles. The van der Waals surface area contributed by atoms with Gasteiger partial charge in [0.15, 0.2) is 0 Å². The molecule has 3 saturated heterocycles. The van der Waals surface area contributed by atoms with Crippen LogP contribution < -0.4 is 16.0 Å². The average Bonchev–Trinajstić information content (AvgIpc) is 3.46.